The van der Waals surface area contributed by atoms with E-state index in [1.54, 1.807) is 13.3 Å². The van der Waals surface area contributed by atoms with Gasteiger partial charge in [-0.3, -0.25) is 0 Å². The lowest BCUT2D eigenvalue weighted by Crippen LogP contribution is -2.30. The maximum absolute atomic E-state index is 12.7. The molecular formula is C18H31N3O4S. The van der Waals surface area contributed by atoms with E-state index in [0.717, 1.165) is 51.1 Å². The van der Waals surface area contributed by atoms with E-state index in [-0.39, 0.29) is 10.9 Å². The van der Waals surface area contributed by atoms with Crippen LogP contribution in [0.2, 0.25) is 0 Å². The summed E-state index contributed by atoms with van der Waals surface area (Å²) in [4.78, 5) is 6.55. The number of aromatic nitrogens is 2. The van der Waals surface area contributed by atoms with Gasteiger partial charge in [0, 0.05) is 40.0 Å². The van der Waals surface area contributed by atoms with Crippen LogP contribution < -0.4 is 0 Å². The van der Waals surface area contributed by atoms with Gasteiger partial charge in [0.25, 0.3) is 0 Å². The second-order valence-corrected chi connectivity index (χ2v) is 9.58. The summed E-state index contributed by atoms with van der Waals surface area (Å²) in [5.74, 6) is 1.17. The molecule has 1 aromatic rings. The monoisotopic (exact) mass is 385 g/mol. The van der Waals surface area contributed by atoms with Gasteiger partial charge >= 0.3 is 0 Å². The number of ether oxygens (including phenoxy) is 2. The van der Waals surface area contributed by atoms with Crippen LogP contribution in [0.15, 0.2) is 11.4 Å². The first-order valence-electron chi connectivity index (χ1n) is 9.52. The summed E-state index contributed by atoms with van der Waals surface area (Å²) < 4.78 is 37.9. The quantitative estimate of drug-likeness (QED) is 0.609. The summed E-state index contributed by atoms with van der Waals surface area (Å²) in [6.07, 6.45) is 5.93. The van der Waals surface area contributed by atoms with Crippen molar-refractivity contribution in [1.82, 2.24) is 14.5 Å². The van der Waals surface area contributed by atoms with Crippen LogP contribution in [0.5, 0.6) is 0 Å². The molecule has 0 spiro atoms. The number of methoxy groups -OCH3 is 1. The second-order valence-electron chi connectivity index (χ2n) is 7.65. The molecule has 1 aliphatic carbocycles. The molecule has 0 N–H and O–H groups in total. The Morgan fingerprint density at radius 1 is 1.27 bits per heavy atom. The fraction of sp³-hybridized carbons (Fsp3) is 0.833. The Kier molecular flexibility index (Phi) is 6.71. The molecule has 148 valence electrons. The highest BCUT2D eigenvalue weighted by Gasteiger charge is 2.32. The lowest BCUT2D eigenvalue weighted by Gasteiger charge is -2.27. The molecule has 2 heterocycles. The van der Waals surface area contributed by atoms with Gasteiger partial charge in [0.2, 0.25) is 15.0 Å². The molecular weight excluding hydrogens is 354 g/mol. The zero-order valence-electron chi connectivity index (χ0n) is 15.9. The third-order valence-corrected chi connectivity index (χ3v) is 6.99. The molecule has 0 atom stereocenters. The average Bonchev–Trinajstić information content (AvgIpc) is 3.31. The van der Waals surface area contributed by atoms with Gasteiger partial charge in [0.15, 0.2) is 0 Å². The average molecular weight is 386 g/mol. The topological polar surface area (TPSA) is 73.7 Å². The third-order valence-electron chi connectivity index (χ3n) is 5.19. The predicted molar refractivity (Wildman–Crippen MR) is 98.8 cm³/mol. The lowest BCUT2D eigenvalue weighted by molar-refractivity contribution is 0.0546. The summed E-state index contributed by atoms with van der Waals surface area (Å²) in [5.41, 5.74) is 0.936. The summed E-state index contributed by atoms with van der Waals surface area (Å²) in [6.45, 7) is 4.34. The van der Waals surface area contributed by atoms with Gasteiger partial charge in [-0.15, -0.1) is 0 Å². The van der Waals surface area contributed by atoms with Gasteiger partial charge in [-0.05, 0) is 44.6 Å². The number of sulfone groups is 1. The minimum absolute atomic E-state index is 0.205. The maximum Gasteiger partial charge on any atom is 0.227 e. The van der Waals surface area contributed by atoms with Crippen LogP contribution in [0.1, 0.15) is 31.4 Å². The zero-order chi connectivity index (χ0) is 18.6. The first-order valence-corrected chi connectivity index (χ1v) is 11.2. The zero-order valence-corrected chi connectivity index (χ0v) is 16.7. The molecule has 26 heavy (non-hydrogen) atoms. The van der Waals surface area contributed by atoms with Gasteiger partial charge in [-0.2, -0.15) is 0 Å². The molecule has 0 unspecified atom stereocenters. The van der Waals surface area contributed by atoms with Crippen LogP contribution in [0.3, 0.4) is 0 Å². The van der Waals surface area contributed by atoms with E-state index in [0.29, 0.717) is 31.5 Å². The highest BCUT2D eigenvalue weighted by atomic mass is 32.2. The van der Waals surface area contributed by atoms with Gasteiger partial charge in [-0.25, -0.2) is 13.4 Å². The first kappa shape index (κ1) is 19.8. The number of nitrogens with zero attached hydrogens (tertiary/aromatic N) is 3. The highest BCUT2D eigenvalue weighted by molar-refractivity contribution is 7.91. The fourth-order valence-electron chi connectivity index (χ4n) is 3.57. The van der Waals surface area contributed by atoms with E-state index in [1.165, 1.54) is 0 Å². The molecule has 1 aliphatic heterocycles. The van der Waals surface area contributed by atoms with E-state index < -0.39 is 9.84 Å². The van der Waals surface area contributed by atoms with E-state index in [4.69, 9.17) is 9.47 Å². The molecule has 1 saturated carbocycles. The number of hydrogen-bond donors (Lipinski definition) is 0. The number of imidazole rings is 1. The molecule has 0 radical (unpaired) electrons. The van der Waals surface area contributed by atoms with Crippen molar-refractivity contribution in [1.29, 1.82) is 0 Å². The van der Waals surface area contributed by atoms with Gasteiger partial charge in [-0.1, -0.05) is 0 Å². The van der Waals surface area contributed by atoms with Crippen LogP contribution >= 0.6 is 0 Å². The Morgan fingerprint density at radius 3 is 2.65 bits per heavy atom. The molecule has 2 fully saturated rings. The Balaban J connectivity index is 1.70. The largest absolute Gasteiger partial charge is 0.383 e. The van der Waals surface area contributed by atoms with Crippen LogP contribution in [-0.2, 0) is 32.4 Å². The van der Waals surface area contributed by atoms with Crippen LogP contribution in [0, 0.1) is 11.8 Å². The molecule has 0 aromatic carbocycles. The normalized spacial score (nSPS) is 19.3. The van der Waals surface area contributed by atoms with Crippen molar-refractivity contribution in [3.63, 3.8) is 0 Å². The predicted octanol–water partition coefficient (Wildman–Crippen LogP) is 1.57. The number of rotatable bonds is 10. The Morgan fingerprint density at radius 2 is 2.00 bits per heavy atom. The Labute approximate surface area is 156 Å². The van der Waals surface area contributed by atoms with Crippen molar-refractivity contribution < 1.29 is 17.9 Å². The van der Waals surface area contributed by atoms with Crippen molar-refractivity contribution in [3.05, 3.63) is 11.9 Å². The fourth-order valence-corrected chi connectivity index (χ4v) is 5.43. The van der Waals surface area contributed by atoms with Crippen LogP contribution in [0.25, 0.3) is 0 Å². The van der Waals surface area contributed by atoms with Crippen molar-refractivity contribution in [2.24, 2.45) is 11.8 Å². The van der Waals surface area contributed by atoms with Crippen molar-refractivity contribution in [2.75, 3.05) is 46.3 Å². The summed E-state index contributed by atoms with van der Waals surface area (Å²) in [6, 6.07) is 0. The van der Waals surface area contributed by atoms with Crippen molar-refractivity contribution >= 4 is 9.84 Å². The summed E-state index contributed by atoms with van der Waals surface area (Å²) in [7, 11) is 0.377. The van der Waals surface area contributed by atoms with Crippen LogP contribution in [-0.4, -0.2) is 69.1 Å². The first-order chi connectivity index (χ1) is 12.5. The van der Waals surface area contributed by atoms with Crippen molar-refractivity contribution in [2.45, 2.75) is 43.9 Å². The third kappa shape index (κ3) is 5.28. The molecule has 1 saturated heterocycles. The Bertz CT molecular complexity index is 679. The number of hydrogen-bond acceptors (Lipinski definition) is 6. The van der Waals surface area contributed by atoms with E-state index in [1.807, 2.05) is 4.57 Å². The van der Waals surface area contributed by atoms with Gasteiger partial charge in [0.05, 0.1) is 24.3 Å². The molecule has 7 nitrogen and oxygen atoms in total. The molecule has 0 bridgehead atoms. The lowest BCUT2D eigenvalue weighted by atomic mass is 10.00. The van der Waals surface area contributed by atoms with Gasteiger partial charge in [0.1, 0.15) is 0 Å². The standard InChI is InChI=1S/C18H31N3O4S/c1-20(12-15-5-8-25-9-6-15)13-17-11-19-18(21(17)7-10-24-2)26(22,23)14-16-3-4-16/h11,15-16H,3-10,12-14H2,1-2H3. The summed E-state index contributed by atoms with van der Waals surface area (Å²) in [5, 5.41) is 0.205. The van der Waals surface area contributed by atoms with E-state index >= 15 is 0 Å². The molecule has 2 aliphatic rings. The van der Waals surface area contributed by atoms with E-state index in [9.17, 15) is 8.42 Å². The smallest absolute Gasteiger partial charge is 0.227 e. The molecule has 8 heteroatoms. The molecule has 0 amide bonds. The minimum atomic E-state index is -3.34. The van der Waals surface area contributed by atoms with Gasteiger partial charge < -0.3 is 18.9 Å². The molecule has 1 aromatic heterocycles. The Hall–Kier alpha value is -0.960. The van der Waals surface area contributed by atoms with Crippen molar-refractivity contribution in [3.8, 4) is 0 Å². The highest BCUT2D eigenvalue weighted by Crippen LogP contribution is 2.32. The summed E-state index contributed by atoms with van der Waals surface area (Å²) >= 11 is 0. The minimum Gasteiger partial charge on any atom is -0.383 e. The van der Waals surface area contributed by atoms with E-state index in [2.05, 4.69) is 16.9 Å². The maximum atomic E-state index is 12.7. The molecule has 3 rings (SSSR count). The SMILES string of the molecule is COCCn1c(CN(C)CC2CCOCC2)cnc1S(=O)(=O)CC1CC1. The second kappa shape index (κ2) is 8.82. The van der Waals surface area contributed by atoms with Crippen LogP contribution in [0.4, 0.5) is 0 Å².